The lowest BCUT2D eigenvalue weighted by Gasteiger charge is -2.09. The van der Waals surface area contributed by atoms with Gasteiger partial charge in [0.15, 0.2) is 0 Å². The van der Waals surface area contributed by atoms with Crippen LogP contribution in [0.4, 0.5) is 0 Å². The van der Waals surface area contributed by atoms with Crippen molar-refractivity contribution in [2.45, 2.75) is 0 Å². The molecular weight excluding hydrogens is 500 g/mol. The molecule has 0 saturated heterocycles. The maximum absolute atomic E-state index is 11.6. The van der Waals surface area contributed by atoms with Gasteiger partial charge in [-0.05, 0) is 53.6 Å². The number of esters is 2. The van der Waals surface area contributed by atoms with Crippen molar-refractivity contribution in [1.82, 2.24) is 0 Å². The first-order valence-electron chi connectivity index (χ1n) is 9.28. The van der Waals surface area contributed by atoms with Crippen molar-refractivity contribution in [3.63, 3.8) is 0 Å². The Morgan fingerprint density at radius 1 is 0.688 bits per heavy atom. The van der Waals surface area contributed by atoms with Gasteiger partial charge >= 0.3 is 11.9 Å². The number of hydrogen-bond donors (Lipinski definition) is 0. The van der Waals surface area contributed by atoms with Crippen LogP contribution < -0.4 is 9.47 Å². The van der Waals surface area contributed by atoms with Gasteiger partial charge in [0.05, 0.1) is 28.4 Å². The van der Waals surface area contributed by atoms with E-state index in [1.165, 1.54) is 28.4 Å². The fourth-order valence-electron chi connectivity index (χ4n) is 2.74. The van der Waals surface area contributed by atoms with Gasteiger partial charge in [-0.1, -0.05) is 45.7 Å². The summed E-state index contributed by atoms with van der Waals surface area (Å²) in [7, 11) is 5.71. The second-order valence-corrected chi connectivity index (χ2v) is 7.60. The lowest BCUT2D eigenvalue weighted by atomic mass is 10.0. The number of carbonyl (C=O) groups is 2. The van der Waals surface area contributed by atoms with E-state index >= 15 is 0 Å². The molecular formula is C24H22BrClO6. The molecule has 32 heavy (non-hydrogen) atoms. The van der Waals surface area contributed by atoms with E-state index in [1.54, 1.807) is 30.3 Å². The maximum atomic E-state index is 11.6. The molecule has 0 aliphatic carbocycles. The van der Waals surface area contributed by atoms with E-state index in [-0.39, 0.29) is 0 Å². The Kier molecular flexibility index (Phi) is 9.56. The summed E-state index contributed by atoms with van der Waals surface area (Å²) in [5.74, 6) is 0.171. The Bertz CT molecular complexity index is 1080. The molecule has 3 aromatic carbocycles. The summed E-state index contributed by atoms with van der Waals surface area (Å²) in [5, 5.41) is 0.682. The average molecular weight is 522 g/mol. The fourth-order valence-corrected chi connectivity index (χ4v) is 3.20. The second kappa shape index (κ2) is 12.1. The predicted octanol–water partition coefficient (Wildman–Crippen LogP) is 6.05. The number of carbonyl (C=O) groups excluding carboxylic acids is 2. The summed E-state index contributed by atoms with van der Waals surface area (Å²) in [6, 6.07) is 17.9. The van der Waals surface area contributed by atoms with Gasteiger partial charge < -0.3 is 18.9 Å². The van der Waals surface area contributed by atoms with Gasteiger partial charge in [-0.25, -0.2) is 9.59 Å². The van der Waals surface area contributed by atoms with Gasteiger partial charge in [0, 0.05) is 9.50 Å². The molecule has 0 aromatic heterocycles. The van der Waals surface area contributed by atoms with Gasteiger partial charge in [-0.2, -0.15) is 0 Å². The normalized spacial score (nSPS) is 9.81. The smallest absolute Gasteiger partial charge is 0.341 e. The van der Waals surface area contributed by atoms with Crippen LogP contribution in [0.2, 0.25) is 5.02 Å². The van der Waals surface area contributed by atoms with E-state index in [0.717, 1.165) is 15.6 Å². The molecule has 6 nitrogen and oxygen atoms in total. The third kappa shape index (κ3) is 6.48. The molecule has 0 aliphatic rings. The molecule has 0 radical (unpaired) electrons. The minimum absolute atomic E-state index is 0.399. The molecule has 0 atom stereocenters. The van der Waals surface area contributed by atoms with E-state index in [0.29, 0.717) is 27.6 Å². The van der Waals surface area contributed by atoms with Crippen LogP contribution >= 0.6 is 27.5 Å². The number of methoxy groups -OCH3 is 4. The number of halogens is 2. The lowest BCUT2D eigenvalue weighted by molar-refractivity contribution is 0.0588. The minimum atomic E-state index is -0.417. The van der Waals surface area contributed by atoms with Crippen LogP contribution in [0.5, 0.6) is 11.5 Å². The second-order valence-electron chi connectivity index (χ2n) is 6.25. The van der Waals surface area contributed by atoms with Crippen molar-refractivity contribution < 1.29 is 28.5 Å². The summed E-state index contributed by atoms with van der Waals surface area (Å²) in [6.07, 6.45) is 0. The summed E-state index contributed by atoms with van der Waals surface area (Å²) in [4.78, 5) is 22.8. The summed E-state index contributed by atoms with van der Waals surface area (Å²) >= 11 is 9.13. The monoisotopic (exact) mass is 520 g/mol. The fraction of sp³-hybridized carbons (Fsp3) is 0.167. The quantitative estimate of drug-likeness (QED) is 0.381. The van der Waals surface area contributed by atoms with Crippen molar-refractivity contribution >= 4 is 39.5 Å². The third-order valence-corrected chi connectivity index (χ3v) is 5.10. The van der Waals surface area contributed by atoms with E-state index in [1.807, 2.05) is 30.3 Å². The largest absolute Gasteiger partial charge is 0.496 e. The van der Waals surface area contributed by atoms with Crippen molar-refractivity contribution in [3.05, 3.63) is 81.3 Å². The van der Waals surface area contributed by atoms with Crippen LogP contribution in [-0.2, 0) is 9.47 Å². The zero-order chi connectivity index (χ0) is 23.7. The third-order valence-electron chi connectivity index (χ3n) is 4.35. The molecule has 0 amide bonds. The molecule has 0 spiro atoms. The standard InChI is InChI=1S/C15H13ClO3.C9H9BrO3/c1-18-14-9-11(5-8-13(14)15(17)19-2)10-3-6-12(16)7-4-10;1-12-8-5-6(10)3-4-7(8)9(11)13-2/h3-9H,1-2H3;3-5H,1-2H3. The molecule has 3 aromatic rings. The highest BCUT2D eigenvalue weighted by Crippen LogP contribution is 2.28. The molecule has 0 heterocycles. The zero-order valence-electron chi connectivity index (χ0n) is 18.0. The summed E-state index contributed by atoms with van der Waals surface area (Å²) < 4.78 is 20.4. The average Bonchev–Trinajstić information content (AvgIpc) is 2.83. The lowest BCUT2D eigenvalue weighted by Crippen LogP contribution is -2.04. The highest BCUT2D eigenvalue weighted by atomic mass is 79.9. The van der Waals surface area contributed by atoms with E-state index < -0.39 is 11.9 Å². The minimum Gasteiger partial charge on any atom is -0.496 e. The molecule has 168 valence electrons. The highest BCUT2D eigenvalue weighted by molar-refractivity contribution is 9.10. The van der Waals surface area contributed by atoms with E-state index in [4.69, 9.17) is 25.8 Å². The van der Waals surface area contributed by atoms with Gasteiger partial charge in [0.1, 0.15) is 22.6 Å². The molecule has 8 heteroatoms. The van der Waals surface area contributed by atoms with Gasteiger partial charge in [-0.15, -0.1) is 0 Å². The van der Waals surface area contributed by atoms with E-state index in [9.17, 15) is 9.59 Å². The SMILES string of the molecule is COC(=O)c1ccc(-c2ccc(Cl)cc2)cc1OC.COC(=O)c1ccc(Br)cc1OC. The highest BCUT2D eigenvalue weighted by Gasteiger charge is 2.14. The van der Waals surface area contributed by atoms with Crippen molar-refractivity contribution in [1.29, 1.82) is 0 Å². The Morgan fingerprint density at radius 2 is 1.16 bits per heavy atom. The van der Waals surface area contributed by atoms with Crippen LogP contribution in [0.1, 0.15) is 20.7 Å². The molecule has 0 aliphatic heterocycles. The summed E-state index contributed by atoms with van der Waals surface area (Å²) in [6.45, 7) is 0. The van der Waals surface area contributed by atoms with Gasteiger partial charge in [-0.3, -0.25) is 0 Å². The molecule has 0 fully saturated rings. The molecule has 0 saturated carbocycles. The first kappa shape index (κ1) is 25.2. The predicted molar refractivity (Wildman–Crippen MR) is 127 cm³/mol. The first-order valence-corrected chi connectivity index (χ1v) is 10.5. The Balaban J connectivity index is 0.000000244. The first-order chi connectivity index (χ1) is 15.3. The topological polar surface area (TPSA) is 71.1 Å². The van der Waals surface area contributed by atoms with Crippen LogP contribution in [-0.4, -0.2) is 40.4 Å². The molecule has 0 unspecified atom stereocenters. The van der Waals surface area contributed by atoms with Gasteiger partial charge in [0.25, 0.3) is 0 Å². The Labute approximate surface area is 200 Å². The Hall–Kier alpha value is -3.03. The van der Waals surface area contributed by atoms with Crippen molar-refractivity contribution in [3.8, 4) is 22.6 Å². The molecule has 0 bridgehead atoms. The number of benzene rings is 3. The van der Waals surface area contributed by atoms with Crippen LogP contribution in [0.25, 0.3) is 11.1 Å². The summed E-state index contributed by atoms with van der Waals surface area (Å²) in [5.41, 5.74) is 2.77. The van der Waals surface area contributed by atoms with Crippen LogP contribution in [0.15, 0.2) is 65.1 Å². The molecule has 3 rings (SSSR count). The maximum Gasteiger partial charge on any atom is 0.341 e. The van der Waals surface area contributed by atoms with Crippen LogP contribution in [0.3, 0.4) is 0 Å². The zero-order valence-corrected chi connectivity index (χ0v) is 20.3. The van der Waals surface area contributed by atoms with Crippen LogP contribution in [0, 0.1) is 0 Å². The number of hydrogen-bond acceptors (Lipinski definition) is 6. The number of rotatable bonds is 5. The van der Waals surface area contributed by atoms with Gasteiger partial charge in [0.2, 0.25) is 0 Å². The van der Waals surface area contributed by atoms with Crippen molar-refractivity contribution in [2.24, 2.45) is 0 Å². The Morgan fingerprint density at radius 3 is 1.66 bits per heavy atom. The van der Waals surface area contributed by atoms with Crippen molar-refractivity contribution in [2.75, 3.05) is 28.4 Å². The molecule has 0 N–H and O–H groups in total. The number of ether oxygens (including phenoxy) is 4. The van der Waals surface area contributed by atoms with E-state index in [2.05, 4.69) is 20.7 Å².